The minimum atomic E-state index is -0.452. The van der Waals surface area contributed by atoms with Crippen LogP contribution in [0.2, 0.25) is 0 Å². The molecule has 5 nitrogen and oxygen atoms in total. The molecule has 0 heterocycles. The fourth-order valence-electron chi connectivity index (χ4n) is 2.59. The third kappa shape index (κ3) is 7.73. The summed E-state index contributed by atoms with van der Waals surface area (Å²) in [6, 6.07) is 4.03. The molecular weight excluding hydrogens is 344 g/mol. The lowest BCUT2D eigenvalue weighted by atomic mass is 9.78. The van der Waals surface area contributed by atoms with Gasteiger partial charge in [-0.2, -0.15) is 0 Å². The molecule has 0 fully saturated rings. The summed E-state index contributed by atoms with van der Waals surface area (Å²) in [5, 5.41) is 10.7. The van der Waals surface area contributed by atoms with Gasteiger partial charge in [-0.1, -0.05) is 48.1 Å². The molecule has 152 valence electrons. The number of hydrogen-bond donors (Lipinski definition) is 1. The monoisotopic (exact) mass is 378 g/mol. The second-order valence-electron chi connectivity index (χ2n) is 8.58. The van der Waals surface area contributed by atoms with E-state index >= 15 is 0 Å². The molecule has 0 aliphatic carbocycles. The van der Waals surface area contributed by atoms with Gasteiger partial charge in [-0.3, -0.25) is 0 Å². The molecule has 1 aromatic carbocycles. The second-order valence-corrected chi connectivity index (χ2v) is 8.58. The summed E-state index contributed by atoms with van der Waals surface area (Å²) in [6.45, 7) is 17.7. The molecule has 1 rings (SSSR count). The Bertz CT molecular complexity index is 600. The number of aromatic hydroxyl groups is 1. The maximum absolute atomic E-state index is 10.9. The first kappa shape index (κ1) is 23.2. The van der Waals surface area contributed by atoms with Crippen molar-refractivity contribution < 1.29 is 24.1 Å². The predicted octanol–water partition coefficient (Wildman–Crippen LogP) is 4.25. The Morgan fingerprint density at radius 2 is 1.44 bits per heavy atom. The van der Waals surface area contributed by atoms with Crippen LogP contribution in [0.4, 0.5) is 0 Å². The number of carbonyl (C=O) groups is 1. The van der Waals surface area contributed by atoms with E-state index in [1.54, 1.807) is 0 Å². The van der Waals surface area contributed by atoms with Crippen LogP contribution in [0.15, 0.2) is 24.8 Å². The van der Waals surface area contributed by atoms with Crippen molar-refractivity contribution in [3.8, 4) is 5.75 Å². The van der Waals surface area contributed by atoms with E-state index in [4.69, 9.17) is 14.2 Å². The van der Waals surface area contributed by atoms with Crippen molar-refractivity contribution in [2.75, 3.05) is 26.4 Å². The van der Waals surface area contributed by atoms with Gasteiger partial charge in [0, 0.05) is 6.08 Å². The fraction of sp³-hybridized carbons (Fsp3) is 0.591. The number of phenolic OH excluding ortho intramolecular Hbond substituents is 1. The quantitative estimate of drug-likeness (QED) is 0.395. The number of esters is 1. The molecule has 0 aliphatic heterocycles. The highest BCUT2D eigenvalue weighted by Crippen LogP contribution is 2.39. The van der Waals surface area contributed by atoms with Gasteiger partial charge in [0.1, 0.15) is 12.4 Å². The molecule has 0 spiro atoms. The average molecular weight is 379 g/mol. The molecule has 0 bridgehead atoms. The molecule has 0 unspecified atom stereocenters. The highest BCUT2D eigenvalue weighted by atomic mass is 16.6. The van der Waals surface area contributed by atoms with Gasteiger partial charge in [0.2, 0.25) is 0 Å². The Balaban J connectivity index is 2.60. The Hall–Kier alpha value is -1.85. The van der Waals surface area contributed by atoms with Gasteiger partial charge < -0.3 is 19.3 Å². The van der Waals surface area contributed by atoms with E-state index in [9.17, 15) is 9.90 Å². The van der Waals surface area contributed by atoms with Crippen LogP contribution in [0.1, 0.15) is 58.2 Å². The summed E-state index contributed by atoms with van der Waals surface area (Å²) >= 11 is 0. The minimum absolute atomic E-state index is 0.161. The first-order valence-corrected chi connectivity index (χ1v) is 9.28. The number of carbonyl (C=O) groups excluding carboxylic acids is 1. The van der Waals surface area contributed by atoms with Gasteiger partial charge in [-0.25, -0.2) is 4.79 Å². The predicted molar refractivity (Wildman–Crippen MR) is 107 cm³/mol. The second kappa shape index (κ2) is 9.90. The van der Waals surface area contributed by atoms with E-state index in [1.807, 2.05) is 12.1 Å². The van der Waals surface area contributed by atoms with Crippen molar-refractivity contribution in [1.82, 2.24) is 0 Å². The summed E-state index contributed by atoms with van der Waals surface area (Å²) in [4.78, 5) is 10.9. The van der Waals surface area contributed by atoms with E-state index in [0.29, 0.717) is 32.2 Å². The molecule has 0 atom stereocenters. The Morgan fingerprint density at radius 3 is 1.93 bits per heavy atom. The van der Waals surface area contributed by atoms with Gasteiger partial charge in [0.15, 0.2) is 0 Å². The SMILES string of the molecule is C=CC(=O)OCCOCCOCc1cc(C(C)(C)C)c(O)c(C(C)(C)C)c1. The average Bonchev–Trinajstić information content (AvgIpc) is 2.55. The molecule has 0 saturated carbocycles. The van der Waals surface area contributed by atoms with E-state index < -0.39 is 5.97 Å². The molecule has 1 aromatic rings. The number of phenols is 1. The van der Waals surface area contributed by atoms with Crippen LogP contribution in [0.3, 0.4) is 0 Å². The largest absolute Gasteiger partial charge is 0.507 e. The third-order valence-corrected chi connectivity index (χ3v) is 4.07. The van der Waals surface area contributed by atoms with Crippen LogP contribution in [0.5, 0.6) is 5.75 Å². The lowest BCUT2D eigenvalue weighted by Gasteiger charge is -2.28. The molecule has 5 heteroatoms. The summed E-state index contributed by atoms with van der Waals surface area (Å²) in [6.07, 6.45) is 1.12. The molecule has 1 N–H and O–H groups in total. The Labute approximate surface area is 163 Å². The first-order chi connectivity index (χ1) is 12.5. The van der Waals surface area contributed by atoms with Crippen LogP contribution in [0.25, 0.3) is 0 Å². The normalized spacial score (nSPS) is 12.1. The van der Waals surface area contributed by atoms with Crippen LogP contribution < -0.4 is 0 Å². The van der Waals surface area contributed by atoms with Gasteiger partial charge in [-0.05, 0) is 39.7 Å². The highest BCUT2D eigenvalue weighted by Gasteiger charge is 2.26. The van der Waals surface area contributed by atoms with Crippen LogP contribution in [-0.4, -0.2) is 37.5 Å². The standard InChI is InChI=1S/C22H34O5/c1-8-19(23)27-12-11-25-9-10-26-15-16-13-17(21(2,3)4)20(24)18(14-16)22(5,6)7/h8,13-14,24H,1,9-12,15H2,2-7H3. The maximum Gasteiger partial charge on any atom is 0.330 e. The Kier molecular flexibility index (Phi) is 8.51. The zero-order valence-electron chi connectivity index (χ0n) is 17.6. The molecule has 0 amide bonds. The number of rotatable bonds is 9. The summed E-state index contributed by atoms with van der Waals surface area (Å²) < 4.78 is 15.9. The van der Waals surface area contributed by atoms with Gasteiger partial charge >= 0.3 is 5.97 Å². The van der Waals surface area contributed by atoms with Crippen molar-refractivity contribution in [1.29, 1.82) is 0 Å². The Morgan fingerprint density at radius 1 is 0.963 bits per heavy atom. The minimum Gasteiger partial charge on any atom is -0.507 e. The van der Waals surface area contributed by atoms with Crippen molar-refractivity contribution in [3.05, 3.63) is 41.5 Å². The summed E-state index contributed by atoms with van der Waals surface area (Å²) in [5.74, 6) is -0.0809. The third-order valence-electron chi connectivity index (χ3n) is 4.07. The molecule has 0 aromatic heterocycles. The van der Waals surface area contributed by atoms with E-state index in [-0.39, 0.29) is 17.4 Å². The lowest BCUT2D eigenvalue weighted by molar-refractivity contribution is -0.139. The number of hydrogen-bond acceptors (Lipinski definition) is 5. The molecule has 0 saturated heterocycles. The summed E-state index contributed by atoms with van der Waals surface area (Å²) in [7, 11) is 0. The van der Waals surface area contributed by atoms with E-state index in [2.05, 4.69) is 48.1 Å². The van der Waals surface area contributed by atoms with E-state index in [1.165, 1.54) is 0 Å². The van der Waals surface area contributed by atoms with Crippen LogP contribution >= 0.6 is 0 Å². The van der Waals surface area contributed by atoms with Crippen LogP contribution in [-0.2, 0) is 36.4 Å². The smallest absolute Gasteiger partial charge is 0.330 e. The fourth-order valence-corrected chi connectivity index (χ4v) is 2.59. The molecular formula is C22H34O5. The lowest BCUT2D eigenvalue weighted by Crippen LogP contribution is -2.18. The first-order valence-electron chi connectivity index (χ1n) is 9.28. The van der Waals surface area contributed by atoms with E-state index in [0.717, 1.165) is 22.8 Å². The zero-order chi connectivity index (χ0) is 20.7. The molecule has 0 aliphatic rings. The molecule has 27 heavy (non-hydrogen) atoms. The van der Waals surface area contributed by atoms with Gasteiger partial charge in [0.25, 0.3) is 0 Å². The van der Waals surface area contributed by atoms with Gasteiger partial charge in [-0.15, -0.1) is 0 Å². The molecule has 0 radical (unpaired) electrons. The van der Waals surface area contributed by atoms with Gasteiger partial charge in [0.05, 0.1) is 26.4 Å². The van der Waals surface area contributed by atoms with Crippen molar-refractivity contribution in [3.63, 3.8) is 0 Å². The van der Waals surface area contributed by atoms with Crippen molar-refractivity contribution in [2.24, 2.45) is 0 Å². The maximum atomic E-state index is 10.9. The zero-order valence-corrected chi connectivity index (χ0v) is 17.6. The number of benzene rings is 1. The van der Waals surface area contributed by atoms with Crippen molar-refractivity contribution >= 4 is 5.97 Å². The summed E-state index contributed by atoms with van der Waals surface area (Å²) in [5.41, 5.74) is 2.56. The van der Waals surface area contributed by atoms with Crippen LogP contribution in [0, 0.1) is 0 Å². The number of ether oxygens (including phenoxy) is 3. The van der Waals surface area contributed by atoms with Crippen molar-refractivity contribution in [2.45, 2.75) is 59.0 Å². The topological polar surface area (TPSA) is 65.0 Å². The highest BCUT2D eigenvalue weighted by molar-refractivity contribution is 5.81.